The lowest BCUT2D eigenvalue weighted by atomic mass is 10.2. The van der Waals surface area contributed by atoms with Crippen molar-refractivity contribution >= 4 is 6.03 Å². The topological polar surface area (TPSA) is 94.1 Å². The molecule has 0 unspecified atom stereocenters. The second-order valence-electron chi connectivity index (χ2n) is 6.45. The smallest absolute Gasteiger partial charge is 0.345 e. The maximum atomic E-state index is 12.2. The van der Waals surface area contributed by atoms with E-state index in [1.54, 1.807) is 4.57 Å². The van der Waals surface area contributed by atoms with E-state index in [0.29, 0.717) is 19.5 Å². The van der Waals surface area contributed by atoms with Crippen molar-refractivity contribution in [2.75, 3.05) is 6.54 Å². The van der Waals surface area contributed by atoms with Crippen LogP contribution in [0.3, 0.4) is 0 Å². The third-order valence-corrected chi connectivity index (χ3v) is 4.40. The fraction of sp³-hybridized carbons (Fsp3) is 0.588. The summed E-state index contributed by atoms with van der Waals surface area (Å²) in [6.07, 6.45) is 3.64. The van der Waals surface area contributed by atoms with Crippen molar-refractivity contribution in [3.63, 3.8) is 0 Å². The van der Waals surface area contributed by atoms with Crippen LogP contribution in [0.4, 0.5) is 4.79 Å². The largest absolute Gasteiger partial charge is 0.464 e. The maximum Gasteiger partial charge on any atom is 0.345 e. The zero-order chi connectivity index (χ0) is 17.8. The standard InChI is InChI=1S/C17H25N5O3/c1-12-7-8-14(25-12)13(2)19-16(23)18-9-5-11-22-17(24)21-10-4-3-6-15(21)20-22/h7-8,13H,3-6,9-11H2,1-2H3,(H2,18,19,23)/t13-/m1/s1. The number of rotatable bonds is 6. The number of furan rings is 1. The third kappa shape index (κ3) is 4.12. The van der Waals surface area contributed by atoms with Crippen molar-refractivity contribution < 1.29 is 9.21 Å². The number of nitrogens with zero attached hydrogens (tertiary/aromatic N) is 3. The number of fused-ring (bicyclic) bond motifs is 1. The summed E-state index contributed by atoms with van der Waals surface area (Å²) in [5.41, 5.74) is -0.0408. The van der Waals surface area contributed by atoms with Gasteiger partial charge in [0, 0.05) is 26.1 Å². The van der Waals surface area contributed by atoms with E-state index < -0.39 is 0 Å². The average molecular weight is 347 g/mol. The van der Waals surface area contributed by atoms with Gasteiger partial charge in [-0.3, -0.25) is 4.57 Å². The molecule has 0 saturated carbocycles. The van der Waals surface area contributed by atoms with Gasteiger partial charge in [0.15, 0.2) is 0 Å². The summed E-state index contributed by atoms with van der Waals surface area (Å²) >= 11 is 0. The number of hydrogen-bond donors (Lipinski definition) is 2. The molecule has 2 aromatic rings. The number of carbonyl (C=O) groups is 1. The summed E-state index contributed by atoms with van der Waals surface area (Å²) in [5, 5.41) is 10.0. The molecule has 1 aliphatic rings. The second kappa shape index (κ2) is 7.58. The summed E-state index contributed by atoms with van der Waals surface area (Å²) in [4.78, 5) is 24.1. The lowest BCUT2D eigenvalue weighted by molar-refractivity contribution is 0.235. The first-order valence-corrected chi connectivity index (χ1v) is 8.82. The van der Waals surface area contributed by atoms with Crippen LogP contribution in [0.5, 0.6) is 0 Å². The molecule has 1 atom stereocenters. The highest BCUT2D eigenvalue weighted by Crippen LogP contribution is 2.15. The normalized spacial score (nSPS) is 14.8. The van der Waals surface area contributed by atoms with Gasteiger partial charge < -0.3 is 15.1 Å². The zero-order valence-electron chi connectivity index (χ0n) is 14.7. The van der Waals surface area contributed by atoms with Gasteiger partial charge in [-0.05, 0) is 45.2 Å². The fourth-order valence-electron chi connectivity index (χ4n) is 3.03. The monoisotopic (exact) mass is 347 g/mol. The van der Waals surface area contributed by atoms with Crippen LogP contribution in [-0.2, 0) is 19.5 Å². The minimum absolute atomic E-state index is 0.0408. The van der Waals surface area contributed by atoms with Gasteiger partial charge in [-0.2, -0.15) is 5.10 Å². The Balaban J connectivity index is 1.42. The predicted molar refractivity (Wildman–Crippen MR) is 92.4 cm³/mol. The Morgan fingerprint density at radius 3 is 2.96 bits per heavy atom. The van der Waals surface area contributed by atoms with Gasteiger partial charge in [-0.1, -0.05) is 0 Å². The lowest BCUT2D eigenvalue weighted by Crippen LogP contribution is -2.38. The Morgan fingerprint density at radius 1 is 1.40 bits per heavy atom. The number of carbonyl (C=O) groups excluding carboxylic acids is 1. The molecule has 0 aromatic carbocycles. The van der Waals surface area contributed by atoms with E-state index in [9.17, 15) is 9.59 Å². The number of hydrogen-bond acceptors (Lipinski definition) is 4. The maximum absolute atomic E-state index is 12.2. The Hall–Kier alpha value is -2.51. The van der Waals surface area contributed by atoms with Crippen molar-refractivity contribution in [3.05, 3.63) is 40.0 Å². The summed E-state index contributed by atoms with van der Waals surface area (Å²) in [6.45, 7) is 5.48. The molecule has 0 saturated heterocycles. The van der Waals surface area contributed by atoms with Crippen molar-refractivity contribution in [3.8, 4) is 0 Å². The molecule has 2 N–H and O–H groups in total. The molecule has 0 spiro atoms. The van der Waals surface area contributed by atoms with Crippen molar-refractivity contribution in [1.29, 1.82) is 0 Å². The highest BCUT2D eigenvalue weighted by atomic mass is 16.3. The minimum atomic E-state index is -0.252. The van der Waals surface area contributed by atoms with Gasteiger partial charge in [0.05, 0.1) is 6.04 Å². The number of aryl methyl sites for hydroxylation is 3. The molecule has 0 bridgehead atoms. The van der Waals surface area contributed by atoms with E-state index >= 15 is 0 Å². The molecule has 1 aliphatic heterocycles. The van der Waals surface area contributed by atoms with Crippen molar-refractivity contribution in [2.45, 2.75) is 58.7 Å². The highest BCUT2D eigenvalue weighted by Gasteiger charge is 2.16. The molecular formula is C17H25N5O3. The van der Waals surface area contributed by atoms with Gasteiger partial charge in [0.1, 0.15) is 17.3 Å². The van der Waals surface area contributed by atoms with Crippen LogP contribution in [0.2, 0.25) is 0 Å². The minimum Gasteiger partial charge on any atom is -0.464 e. The molecule has 3 rings (SSSR count). The van der Waals surface area contributed by atoms with E-state index in [1.165, 1.54) is 4.68 Å². The van der Waals surface area contributed by atoms with Crippen molar-refractivity contribution in [1.82, 2.24) is 25.0 Å². The predicted octanol–water partition coefficient (Wildman–Crippen LogP) is 1.73. The van der Waals surface area contributed by atoms with Gasteiger partial charge in [0.25, 0.3) is 0 Å². The van der Waals surface area contributed by atoms with E-state index in [0.717, 1.165) is 43.2 Å². The van der Waals surface area contributed by atoms with Crippen LogP contribution >= 0.6 is 0 Å². The van der Waals surface area contributed by atoms with Gasteiger partial charge in [0.2, 0.25) is 0 Å². The molecular weight excluding hydrogens is 322 g/mol. The summed E-state index contributed by atoms with van der Waals surface area (Å²) in [7, 11) is 0. The van der Waals surface area contributed by atoms with E-state index in [2.05, 4.69) is 15.7 Å². The van der Waals surface area contributed by atoms with Crippen LogP contribution < -0.4 is 16.3 Å². The first-order valence-electron chi connectivity index (χ1n) is 8.82. The summed E-state index contributed by atoms with van der Waals surface area (Å²) in [5.74, 6) is 2.42. The molecule has 2 aromatic heterocycles. The van der Waals surface area contributed by atoms with Gasteiger partial charge in [-0.15, -0.1) is 0 Å². The Labute approximate surface area is 146 Å². The van der Waals surface area contributed by atoms with Crippen LogP contribution in [-0.4, -0.2) is 26.9 Å². The van der Waals surface area contributed by atoms with Gasteiger partial charge in [-0.25, -0.2) is 14.3 Å². The first-order chi connectivity index (χ1) is 12.0. The molecule has 2 amide bonds. The Morgan fingerprint density at radius 2 is 2.24 bits per heavy atom. The van der Waals surface area contributed by atoms with Crippen LogP contribution in [0.1, 0.15) is 49.6 Å². The van der Waals surface area contributed by atoms with Crippen LogP contribution in [0.25, 0.3) is 0 Å². The number of urea groups is 1. The fourth-order valence-corrected chi connectivity index (χ4v) is 3.03. The highest BCUT2D eigenvalue weighted by molar-refractivity contribution is 5.74. The second-order valence-corrected chi connectivity index (χ2v) is 6.45. The Bertz CT molecular complexity index is 789. The molecule has 25 heavy (non-hydrogen) atoms. The SMILES string of the molecule is Cc1ccc([C@@H](C)NC(=O)NCCCn2nc3n(c2=O)CCCC3)o1. The Kier molecular flexibility index (Phi) is 5.25. The number of nitrogens with one attached hydrogen (secondary N) is 2. The molecule has 136 valence electrons. The molecule has 3 heterocycles. The quantitative estimate of drug-likeness (QED) is 0.778. The van der Waals surface area contributed by atoms with Crippen LogP contribution in [0, 0.1) is 6.92 Å². The molecule has 0 aliphatic carbocycles. The van der Waals surface area contributed by atoms with E-state index in [1.807, 2.05) is 26.0 Å². The van der Waals surface area contributed by atoms with E-state index in [-0.39, 0.29) is 17.8 Å². The zero-order valence-corrected chi connectivity index (χ0v) is 14.7. The summed E-state index contributed by atoms with van der Waals surface area (Å²) in [6, 6.07) is 3.27. The molecule has 8 nitrogen and oxygen atoms in total. The number of amides is 2. The lowest BCUT2D eigenvalue weighted by Gasteiger charge is -2.12. The van der Waals surface area contributed by atoms with Crippen LogP contribution in [0.15, 0.2) is 21.3 Å². The average Bonchev–Trinajstić information content (AvgIpc) is 3.16. The molecule has 0 fully saturated rings. The third-order valence-electron chi connectivity index (χ3n) is 4.40. The first kappa shape index (κ1) is 17.3. The summed E-state index contributed by atoms with van der Waals surface area (Å²) < 4.78 is 8.76. The molecule has 8 heteroatoms. The van der Waals surface area contributed by atoms with Gasteiger partial charge >= 0.3 is 11.7 Å². The number of aromatic nitrogens is 3. The molecule has 0 radical (unpaired) electrons. The van der Waals surface area contributed by atoms with E-state index in [4.69, 9.17) is 4.42 Å². The van der Waals surface area contributed by atoms with Crippen molar-refractivity contribution in [2.24, 2.45) is 0 Å².